The number of carbonyl (C=O) groups excluding carboxylic acids is 1. The predicted molar refractivity (Wildman–Crippen MR) is 52.0 cm³/mol. The number of methoxy groups -OCH3 is 1. The van der Waals surface area contributed by atoms with Crippen molar-refractivity contribution in [1.82, 2.24) is 0 Å². The van der Waals surface area contributed by atoms with E-state index in [2.05, 4.69) is 9.53 Å². The number of ketones is 1. The van der Waals surface area contributed by atoms with Crippen LogP contribution in [0.4, 0.5) is 13.2 Å². The number of benzene rings is 1. The molecule has 17 heavy (non-hydrogen) atoms. The first-order valence-electron chi connectivity index (χ1n) is 4.37. The first kappa shape index (κ1) is 12.9. The summed E-state index contributed by atoms with van der Waals surface area (Å²) in [5, 5.41) is 0. The van der Waals surface area contributed by atoms with Gasteiger partial charge in [-0.1, -0.05) is 0 Å². The minimum Gasteiger partial charge on any atom is -0.496 e. The average Bonchev–Trinajstić information content (AvgIpc) is 2.27. The van der Waals surface area contributed by atoms with Crippen LogP contribution in [0.25, 0.3) is 5.53 Å². The number of hydrogen-bond acceptors (Lipinski definition) is 2. The highest BCUT2D eigenvalue weighted by Crippen LogP contribution is 2.36. The van der Waals surface area contributed by atoms with E-state index in [1.807, 2.05) is 0 Å². The molecule has 0 fully saturated rings. The summed E-state index contributed by atoms with van der Waals surface area (Å²) in [6.07, 6.45) is -4.11. The quantitative estimate of drug-likeness (QED) is 0.354. The molecule has 0 bridgehead atoms. The normalized spacial score (nSPS) is 10.6. The summed E-state index contributed by atoms with van der Waals surface area (Å²) in [7, 11) is 1.10. The molecule has 0 amide bonds. The van der Waals surface area contributed by atoms with Crippen LogP contribution in [0.2, 0.25) is 0 Å². The molecule has 4 nitrogen and oxygen atoms in total. The largest absolute Gasteiger partial charge is 0.496 e. The Balaban J connectivity index is 3.32. The Kier molecular flexibility index (Phi) is 3.65. The molecule has 0 aliphatic rings. The summed E-state index contributed by atoms with van der Waals surface area (Å²) in [5.74, 6) is -1.21. The second-order valence-electron chi connectivity index (χ2n) is 3.02. The maximum atomic E-state index is 12.6. The van der Waals surface area contributed by atoms with E-state index >= 15 is 0 Å². The third-order valence-electron chi connectivity index (χ3n) is 1.96. The van der Waals surface area contributed by atoms with Gasteiger partial charge in [-0.05, 0) is 18.2 Å². The van der Waals surface area contributed by atoms with Gasteiger partial charge in [0.2, 0.25) is 0 Å². The topological polar surface area (TPSA) is 62.7 Å². The van der Waals surface area contributed by atoms with Crippen LogP contribution in [0, 0.1) is 0 Å². The summed E-state index contributed by atoms with van der Waals surface area (Å²) >= 11 is 0. The van der Waals surface area contributed by atoms with Gasteiger partial charge in [-0.15, -0.1) is 0 Å². The number of carbonyl (C=O) groups is 1. The van der Waals surface area contributed by atoms with E-state index in [1.54, 1.807) is 0 Å². The highest BCUT2D eigenvalue weighted by atomic mass is 19.4. The first-order valence-corrected chi connectivity index (χ1v) is 4.37. The molecule has 0 N–H and O–H groups in total. The molecule has 0 aliphatic heterocycles. The van der Waals surface area contributed by atoms with Gasteiger partial charge in [-0.25, -0.2) is 0 Å². The molecule has 1 aromatic rings. The van der Waals surface area contributed by atoms with Crippen molar-refractivity contribution >= 4 is 12.0 Å². The minimum atomic E-state index is -4.63. The second-order valence-corrected chi connectivity index (χ2v) is 3.02. The molecule has 0 spiro atoms. The zero-order valence-corrected chi connectivity index (χ0v) is 8.65. The molecule has 0 atom stereocenters. The molecule has 7 heteroatoms. The molecular weight excluding hydrogens is 237 g/mol. The summed E-state index contributed by atoms with van der Waals surface area (Å²) < 4.78 is 42.3. The van der Waals surface area contributed by atoms with E-state index in [1.165, 1.54) is 0 Å². The van der Waals surface area contributed by atoms with Crippen LogP contribution in [0.15, 0.2) is 18.2 Å². The van der Waals surface area contributed by atoms with Crippen LogP contribution in [0.1, 0.15) is 15.9 Å². The maximum absolute atomic E-state index is 12.6. The molecule has 0 aliphatic carbocycles. The third-order valence-corrected chi connectivity index (χ3v) is 1.96. The highest BCUT2D eigenvalue weighted by molar-refractivity contribution is 6.33. The number of hydrogen-bond donors (Lipinski definition) is 0. The molecule has 0 unspecified atom stereocenters. The van der Waals surface area contributed by atoms with Crippen molar-refractivity contribution < 1.29 is 27.5 Å². The zero-order chi connectivity index (χ0) is 13.1. The fourth-order valence-corrected chi connectivity index (χ4v) is 1.21. The van der Waals surface area contributed by atoms with E-state index in [-0.39, 0.29) is 11.3 Å². The average molecular weight is 244 g/mol. The number of nitrogens with zero attached hydrogens (tertiary/aromatic N) is 2. The van der Waals surface area contributed by atoms with Crippen molar-refractivity contribution in [2.45, 2.75) is 6.18 Å². The molecular formula is C10H7F3N2O2. The SMILES string of the molecule is COc1ccc(C(=O)C=[N+]=[N-])cc1C(F)(F)F. The van der Waals surface area contributed by atoms with Gasteiger partial charge in [0.1, 0.15) is 5.75 Å². The van der Waals surface area contributed by atoms with Crippen molar-refractivity contribution in [1.29, 1.82) is 0 Å². The molecule has 90 valence electrons. The van der Waals surface area contributed by atoms with Crippen LogP contribution in [0.5, 0.6) is 5.75 Å². The van der Waals surface area contributed by atoms with Crippen LogP contribution < -0.4 is 4.74 Å². The molecule has 0 saturated heterocycles. The maximum Gasteiger partial charge on any atom is 0.419 e. The lowest BCUT2D eigenvalue weighted by molar-refractivity contribution is -0.138. The Morgan fingerprint density at radius 3 is 2.59 bits per heavy atom. The van der Waals surface area contributed by atoms with Gasteiger partial charge in [0, 0.05) is 5.56 Å². The summed E-state index contributed by atoms with van der Waals surface area (Å²) in [6, 6.07) is 2.82. The van der Waals surface area contributed by atoms with Gasteiger partial charge in [-0.2, -0.15) is 18.0 Å². The van der Waals surface area contributed by atoms with Crippen molar-refractivity contribution in [3.63, 3.8) is 0 Å². The van der Waals surface area contributed by atoms with Crippen molar-refractivity contribution in [3.05, 3.63) is 34.9 Å². The Morgan fingerprint density at radius 1 is 1.47 bits per heavy atom. The molecule has 0 radical (unpaired) electrons. The monoisotopic (exact) mass is 244 g/mol. The van der Waals surface area contributed by atoms with E-state index in [0.717, 1.165) is 19.2 Å². The number of alkyl halides is 3. The van der Waals surface area contributed by atoms with Gasteiger partial charge in [0.25, 0.3) is 5.78 Å². The van der Waals surface area contributed by atoms with Gasteiger partial charge in [0.05, 0.1) is 12.7 Å². The number of Topliss-reactive ketones (excluding diaryl/α,β-unsaturated/α-hetero) is 1. The lowest BCUT2D eigenvalue weighted by Crippen LogP contribution is -2.10. The molecule has 1 rings (SSSR count). The van der Waals surface area contributed by atoms with Crippen molar-refractivity contribution in [3.8, 4) is 5.75 Å². The van der Waals surface area contributed by atoms with Crippen molar-refractivity contribution in [2.75, 3.05) is 7.11 Å². The lowest BCUT2D eigenvalue weighted by atomic mass is 10.1. The summed E-state index contributed by atoms with van der Waals surface area (Å²) in [6.45, 7) is 0. The van der Waals surface area contributed by atoms with E-state index in [4.69, 9.17) is 5.53 Å². The van der Waals surface area contributed by atoms with E-state index < -0.39 is 17.5 Å². The summed E-state index contributed by atoms with van der Waals surface area (Å²) in [5.41, 5.74) is 6.83. The van der Waals surface area contributed by atoms with Gasteiger partial charge >= 0.3 is 12.4 Å². The fourth-order valence-electron chi connectivity index (χ4n) is 1.21. The highest BCUT2D eigenvalue weighted by Gasteiger charge is 2.35. The van der Waals surface area contributed by atoms with Crippen LogP contribution in [0.3, 0.4) is 0 Å². The smallest absolute Gasteiger partial charge is 0.419 e. The van der Waals surface area contributed by atoms with E-state index in [9.17, 15) is 18.0 Å². The van der Waals surface area contributed by atoms with Crippen LogP contribution in [-0.2, 0) is 6.18 Å². The zero-order valence-electron chi connectivity index (χ0n) is 8.65. The van der Waals surface area contributed by atoms with Gasteiger partial charge in [-0.3, -0.25) is 4.79 Å². The molecule has 0 heterocycles. The van der Waals surface area contributed by atoms with Crippen LogP contribution >= 0.6 is 0 Å². The molecule has 0 saturated carbocycles. The third kappa shape index (κ3) is 2.92. The van der Waals surface area contributed by atoms with Crippen molar-refractivity contribution in [2.24, 2.45) is 0 Å². The molecule has 1 aromatic carbocycles. The molecule has 0 aromatic heterocycles. The van der Waals surface area contributed by atoms with E-state index in [0.29, 0.717) is 12.3 Å². The van der Waals surface area contributed by atoms with Crippen LogP contribution in [-0.4, -0.2) is 23.9 Å². The number of halogens is 3. The summed E-state index contributed by atoms with van der Waals surface area (Å²) in [4.78, 5) is 13.7. The Hall–Kier alpha value is -2.14. The Morgan fingerprint density at radius 2 is 2.12 bits per heavy atom. The lowest BCUT2D eigenvalue weighted by Gasteiger charge is -2.12. The van der Waals surface area contributed by atoms with Gasteiger partial charge in [0.15, 0.2) is 0 Å². The Labute approximate surface area is 94.2 Å². The minimum absolute atomic E-state index is 0.240. The Bertz CT molecular complexity index is 491. The number of rotatable bonds is 3. The number of ether oxygens (including phenoxy) is 1. The fraction of sp³-hybridized carbons (Fsp3) is 0.200. The second kappa shape index (κ2) is 4.80. The van der Waals surface area contributed by atoms with Gasteiger partial charge < -0.3 is 10.3 Å². The predicted octanol–water partition coefficient (Wildman–Crippen LogP) is 2.20. The standard InChI is InChI=1S/C10H7F3N2O2/c1-17-9-3-2-6(8(16)5-15-14)4-7(9)10(11,12)13/h2-5H,1H3. The first-order chi connectivity index (χ1) is 7.90.